The van der Waals surface area contributed by atoms with Crippen molar-refractivity contribution in [2.24, 2.45) is 15.9 Å². The molecule has 19 heavy (non-hydrogen) atoms. The number of rotatable bonds is 2. The quantitative estimate of drug-likeness (QED) is 0.404. The zero-order valence-corrected chi connectivity index (χ0v) is 14.7. The van der Waals surface area contributed by atoms with E-state index < -0.39 is 0 Å². The molecule has 1 unspecified atom stereocenters. The van der Waals surface area contributed by atoms with Crippen molar-refractivity contribution in [3.63, 3.8) is 0 Å². The first-order valence-corrected chi connectivity index (χ1v) is 6.08. The zero-order chi connectivity index (χ0) is 13.8. The summed E-state index contributed by atoms with van der Waals surface area (Å²) in [5, 5.41) is 0. The molecule has 1 rings (SSSR count). The number of terminal acetylenes is 1. The van der Waals surface area contributed by atoms with Crippen LogP contribution < -0.4 is 0 Å². The SMILES string of the molecule is C#CC(C)C=NC(=NC)c1ccccn1.CCC.[Re]. The average molecular weight is 430 g/mol. The van der Waals surface area contributed by atoms with Crippen LogP contribution in [-0.4, -0.2) is 24.1 Å². The second kappa shape index (κ2) is 13.2. The molecule has 0 aliphatic carbocycles. The van der Waals surface area contributed by atoms with Crippen molar-refractivity contribution in [3.8, 4) is 12.3 Å². The fourth-order valence-electron chi connectivity index (χ4n) is 0.959. The Morgan fingerprint density at radius 1 is 1.47 bits per heavy atom. The van der Waals surface area contributed by atoms with E-state index in [0.29, 0.717) is 5.84 Å². The predicted octanol–water partition coefficient (Wildman–Crippen LogP) is 3.21. The van der Waals surface area contributed by atoms with Crippen molar-refractivity contribution in [1.29, 1.82) is 0 Å². The molecule has 0 saturated carbocycles. The summed E-state index contributed by atoms with van der Waals surface area (Å²) in [5.74, 6) is 3.17. The summed E-state index contributed by atoms with van der Waals surface area (Å²) in [4.78, 5) is 12.4. The molecule has 0 aromatic carbocycles. The third-order valence-electron chi connectivity index (χ3n) is 1.79. The second-order valence-corrected chi connectivity index (χ2v) is 3.70. The Balaban J connectivity index is 0. The molecule has 0 saturated heterocycles. The van der Waals surface area contributed by atoms with Crippen molar-refractivity contribution in [2.75, 3.05) is 7.05 Å². The smallest absolute Gasteiger partial charge is 0.172 e. The van der Waals surface area contributed by atoms with Crippen LogP contribution in [0.1, 0.15) is 32.9 Å². The number of amidine groups is 1. The van der Waals surface area contributed by atoms with Crippen LogP contribution in [0.25, 0.3) is 0 Å². The van der Waals surface area contributed by atoms with E-state index in [1.807, 2.05) is 25.1 Å². The van der Waals surface area contributed by atoms with E-state index >= 15 is 0 Å². The topological polar surface area (TPSA) is 37.6 Å². The molecule has 0 aliphatic heterocycles. The zero-order valence-electron chi connectivity index (χ0n) is 12.0. The Morgan fingerprint density at radius 3 is 2.53 bits per heavy atom. The van der Waals surface area contributed by atoms with Crippen LogP contribution in [0.3, 0.4) is 0 Å². The molecule has 0 amide bonds. The molecule has 0 spiro atoms. The Morgan fingerprint density at radius 2 is 2.11 bits per heavy atom. The summed E-state index contributed by atoms with van der Waals surface area (Å²) in [5.41, 5.74) is 0.750. The Hall–Kier alpha value is -1.29. The number of pyridine rings is 1. The molecule has 1 atom stereocenters. The first-order chi connectivity index (χ1) is 8.69. The molecular formula is C15H21N3Re. The summed E-state index contributed by atoms with van der Waals surface area (Å²) in [6.45, 7) is 6.15. The predicted molar refractivity (Wildman–Crippen MR) is 79.2 cm³/mol. The minimum Gasteiger partial charge on any atom is -0.268 e. The van der Waals surface area contributed by atoms with E-state index in [-0.39, 0.29) is 26.3 Å². The van der Waals surface area contributed by atoms with Gasteiger partial charge in [-0.05, 0) is 19.1 Å². The number of aromatic nitrogens is 1. The van der Waals surface area contributed by atoms with Gasteiger partial charge in [0.05, 0.1) is 5.92 Å². The van der Waals surface area contributed by atoms with Crippen LogP contribution in [-0.2, 0) is 20.4 Å². The molecule has 0 N–H and O–H groups in total. The van der Waals surface area contributed by atoms with Gasteiger partial charge in [0.25, 0.3) is 0 Å². The van der Waals surface area contributed by atoms with Crippen LogP contribution in [0.5, 0.6) is 0 Å². The first kappa shape index (κ1) is 20.0. The van der Waals surface area contributed by atoms with Crippen molar-refractivity contribution >= 4 is 12.1 Å². The largest absolute Gasteiger partial charge is 0.268 e. The summed E-state index contributed by atoms with van der Waals surface area (Å²) < 4.78 is 0. The second-order valence-electron chi connectivity index (χ2n) is 3.70. The van der Waals surface area contributed by atoms with Gasteiger partial charge in [0, 0.05) is 39.9 Å². The van der Waals surface area contributed by atoms with Gasteiger partial charge in [0.2, 0.25) is 0 Å². The van der Waals surface area contributed by atoms with E-state index in [0.717, 1.165) is 5.69 Å². The van der Waals surface area contributed by atoms with Crippen LogP contribution >= 0.6 is 0 Å². The monoisotopic (exact) mass is 430 g/mol. The van der Waals surface area contributed by atoms with Crippen LogP contribution in [0.2, 0.25) is 0 Å². The molecular weight excluding hydrogens is 408 g/mol. The van der Waals surface area contributed by atoms with Gasteiger partial charge in [-0.2, -0.15) is 0 Å². The maximum absolute atomic E-state index is 5.24. The standard InChI is InChI=1S/C12H13N3.C3H8.Re/c1-4-10(2)9-15-12(13-3)11-7-5-6-8-14-11;1-3-2;/h1,5-10H,2-3H3;3H2,1-2H3;. The summed E-state index contributed by atoms with van der Waals surface area (Å²) in [6, 6.07) is 5.61. The molecule has 1 radical (unpaired) electrons. The average Bonchev–Trinajstić information content (AvgIpc) is 2.41. The fraction of sp³-hybridized carbons (Fsp3) is 0.400. The van der Waals surface area contributed by atoms with E-state index in [2.05, 4.69) is 34.7 Å². The molecule has 1 aromatic heterocycles. The van der Waals surface area contributed by atoms with Gasteiger partial charge in [0.15, 0.2) is 5.84 Å². The van der Waals surface area contributed by atoms with Gasteiger partial charge < -0.3 is 0 Å². The van der Waals surface area contributed by atoms with Gasteiger partial charge in [-0.15, -0.1) is 6.42 Å². The van der Waals surface area contributed by atoms with Crippen molar-refractivity contribution in [1.82, 2.24) is 4.98 Å². The number of nitrogens with zero attached hydrogens (tertiary/aromatic N) is 3. The number of hydrogen-bond acceptors (Lipinski definition) is 2. The maximum Gasteiger partial charge on any atom is 0.172 e. The first-order valence-electron chi connectivity index (χ1n) is 6.08. The van der Waals surface area contributed by atoms with Gasteiger partial charge in [0.1, 0.15) is 5.69 Å². The molecule has 3 nitrogen and oxygen atoms in total. The molecule has 0 bridgehead atoms. The minimum atomic E-state index is 0. The maximum atomic E-state index is 5.24. The van der Waals surface area contributed by atoms with Crippen LogP contribution in [0.15, 0.2) is 34.4 Å². The molecule has 0 fully saturated rings. The van der Waals surface area contributed by atoms with Crippen molar-refractivity contribution in [3.05, 3.63) is 30.1 Å². The Bertz CT molecular complexity index is 419. The van der Waals surface area contributed by atoms with Gasteiger partial charge in [-0.25, -0.2) is 4.99 Å². The number of aliphatic imine (C=N–C) groups is 2. The van der Waals surface area contributed by atoms with Crippen LogP contribution in [0, 0.1) is 18.3 Å². The Kier molecular flexibility index (Phi) is 13.9. The summed E-state index contributed by atoms with van der Waals surface area (Å²) in [7, 11) is 1.68. The molecule has 4 heteroatoms. The molecule has 1 heterocycles. The van der Waals surface area contributed by atoms with E-state index in [9.17, 15) is 0 Å². The van der Waals surface area contributed by atoms with Gasteiger partial charge >= 0.3 is 0 Å². The minimum absolute atomic E-state index is 0. The third kappa shape index (κ3) is 9.31. The molecule has 1 aromatic rings. The van der Waals surface area contributed by atoms with Crippen LogP contribution in [0.4, 0.5) is 0 Å². The summed E-state index contributed by atoms with van der Waals surface area (Å²) in [6.07, 6.45) is 9.89. The van der Waals surface area contributed by atoms with E-state index in [1.165, 1.54) is 6.42 Å². The Labute approximate surface area is 130 Å². The van der Waals surface area contributed by atoms with Gasteiger partial charge in [-0.3, -0.25) is 9.98 Å². The third-order valence-corrected chi connectivity index (χ3v) is 1.79. The van der Waals surface area contributed by atoms with E-state index in [4.69, 9.17) is 6.42 Å². The van der Waals surface area contributed by atoms with Crippen molar-refractivity contribution in [2.45, 2.75) is 27.2 Å². The molecule has 103 valence electrons. The summed E-state index contributed by atoms with van der Waals surface area (Å²) >= 11 is 0. The van der Waals surface area contributed by atoms with Crippen molar-refractivity contribution < 1.29 is 20.4 Å². The fourth-order valence-corrected chi connectivity index (χ4v) is 0.959. The van der Waals surface area contributed by atoms with Gasteiger partial charge in [-0.1, -0.05) is 32.3 Å². The molecule has 0 aliphatic rings. The number of hydrogen-bond donors (Lipinski definition) is 0. The van der Waals surface area contributed by atoms with E-state index in [1.54, 1.807) is 19.5 Å². The normalized spacial score (nSPS) is 11.8.